The highest BCUT2D eigenvalue weighted by molar-refractivity contribution is 6.32. The molecule has 0 saturated heterocycles. The number of nitrogens with zero attached hydrogens (tertiary/aromatic N) is 6. The van der Waals surface area contributed by atoms with Crippen LogP contribution in [0.4, 0.5) is 15.9 Å². The smallest absolute Gasteiger partial charge is 0.288 e. The first-order valence-electron chi connectivity index (χ1n) is 10.3. The molecular formula is C22H14ClFN8O4. The maximum atomic E-state index is 13.4. The first-order chi connectivity index (χ1) is 17.2. The van der Waals surface area contributed by atoms with Crippen molar-refractivity contribution in [2.24, 2.45) is 0 Å². The molecule has 3 aromatic heterocycles. The number of hydrogen-bond acceptors (Lipinski definition) is 7. The Balaban J connectivity index is 1.56. The van der Waals surface area contributed by atoms with Gasteiger partial charge in [-0.25, -0.2) is 9.07 Å². The fraction of sp³-hybridized carbons (Fsp3) is 0.0455. The van der Waals surface area contributed by atoms with Crippen LogP contribution in [0.3, 0.4) is 0 Å². The number of aromatic nitrogens is 6. The summed E-state index contributed by atoms with van der Waals surface area (Å²) in [5.41, 5.74) is 0.204. The Morgan fingerprint density at radius 3 is 2.64 bits per heavy atom. The van der Waals surface area contributed by atoms with E-state index in [1.54, 1.807) is 6.92 Å². The summed E-state index contributed by atoms with van der Waals surface area (Å²) in [5, 5.41) is 22.3. The Bertz CT molecular complexity index is 1720. The number of H-pyrrole nitrogens is 1. The lowest BCUT2D eigenvalue weighted by atomic mass is 10.2. The molecule has 0 fully saturated rings. The van der Waals surface area contributed by atoms with Crippen molar-refractivity contribution in [3.8, 4) is 11.6 Å². The average Bonchev–Trinajstić information content (AvgIpc) is 3.43. The number of nitro benzene ring substituents is 1. The first kappa shape index (κ1) is 22.9. The van der Waals surface area contributed by atoms with Crippen molar-refractivity contribution < 1.29 is 14.1 Å². The zero-order chi connectivity index (χ0) is 25.6. The lowest BCUT2D eigenvalue weighted by Crippen LogP contribution is -2.19. The second-order valence-electron chi connectivity index (χ2n) is 7.62. The summed E-state index contributed by atoms with van der Waals surface area (Å²) in [5.74, 6) is -0.983. The molecule has 2 N–H and O–H groups in total. The van der Waals surface area contributed by atoms with Crippen LogP contribution in [-0.2, 0) is 0 Å². The minimum atomic E-state index is -0.693. The highest BCUT2D eigenvalue weighted by Crippen LogP contribution is 2.26. The number of amides is 1. The predicted octanol–water partition coefficient (Wildman–Crippen LogP) is 3.56. The molecule has 12 nitrogen and oxygen atoms in total. The van der Waals surface area contributed by atoms with Crippen LogP contribution in [0.5, 0.6) is 0 Å². The molecule has 36 heavy (non-hydrogen) atoms. The monoisotopic (exact) mass is 508 g/mol. The van der Waals surface area contributed by atoms with Gasteiger partial charge in [-0.05, 0) is 43.3 Å². The summed E-state index contributed by atoms with van der Waals surface area (Å²) >= 11 is 5.83. The fourth-order valence-electron chi connectivity index (χ4n) is 3.51. The van der Waals surface area contributed by atoms with Crippen molar-refractivity contribution in [1.82, 2.24) is 29.5 Å². The number of fused-ring (bicyclic) bond motifs is 1. The number of anilines is 1. The highest BCUT2D eigenvalue weighted by Gasteiger charge is 2.20. The van der Waals surface area contributed by atoms with Crippen molar-refractivity contribution in [1.29, 1.82) is 0 Å². The molecule has 0 unspecified atom stereocenters. The molecule has 0 aliphatic carbocycles. The third-order valence-corrected chi connectivity index (χ3v) is 5.50. The van der Waals surface area contributed by atoms with Gasteiger partial charge < -0.3 is 5.32 Å². The van der Waals surface area contributed by atoms with Crippen molar-refractivity contribution in [2.75, 3.05) is 5.32 Å². The molecular weight excluding hydrogens is 495 g/mol. The highest BCUT2D eigenvalue weighted by atomic mass is 35.5. The summed E-state index contributed by atoms with van der Waals surface area (Å²) < 4.78 is 15.9. The van der Waals surface area contributed by atoms with Gasteiger partial charge in [0.25, 0.3) is 17.2 Å². The molecule has 180 valence electrons. The third-order valence-electron chi connectivity index (χ3n) is 5.18. The van der Waals surface area contributed by atoms with Gasteiger partial charge in [0.2, 0.25) is 5.95 Å². The molecule has 5 aromatic rings. The van der Waals surface area contributed by atoms with Gasteiger partial charge in [-0.1, -0.05) is 11.6 Å². The van der Waals surface area contributed by atoms with Crippen LogP contribution >= 0.6 is 11.6 Å². The Hall–Kier alpha value is -4.91. The summed E-state index contributed by atoms with van der Waals surface area (Å²) in [6.45, 7) is 1.67. The summed E-state index contributed by atoms with van der Waals surface area (Å²) in [7, 11) is 0. The van der Waals surface area contributed by atoms with E-state index in [0.29, 0.717) is 11.4 Å². The minimum Gasteiger partial charge on any atom is -0.306 e. The SMILES string of the molecule is Cc1cc(NC(=O)c2ccc(Cl)c([N+](=O)[O-])c2)n(-c2nc3c(cnn3-c3ccc(F)cc3)c(=O)[nH]2)n1. The van der Waals surface area contributed by atoms with Gasteiger partial charge in [0.05, 0.1) is 22.5 Å². The standard InChI is InChI=1S/C22H14ClFN8O4/c1-11-8-18(26-20(33)12-2-7-16(23)17(9-12)32(35)36)31(29-11)22-27-19-15(21(34)28-22)10-25-30(19)14-5-3-13(24)4-6-14/h2-10H,1H3,(H,26,33)(H,27,28,34). The molecule has 0 atom stereocenters. The summed E-state index contributed by atoms with van der Waals surface area (Å²) in [4.78, 5) is 43.1. The number of benzene rings is 2. The Labute approximate surface area is 205 Å². The normalized spacial score (nSPS) is 11.1. The minimum absolute atomic E-state index is 0.0113. The molecule has 2 aromatic carbocycles. The maximum absolute atomic E-state index is 13.4. The number of hydrogen-bond donors (Lipinski definition) is 2. The Kier molecular flexibility index (Phi) is 5.53. The van der Waals surface area contributed by atoms with Crippen molar-refractivity contribution in [3.05, 3.63) is 97.3 Å². The average molecular weight is 509 g/mol. The van der Waals surface area contributed by atoms with E-state index >= 15 is 0 Å². The molecule has 0 bridgehead atoms. The first-order valence-corrected chi connectivity index (χ1v) is 10.7. The van der Waals surface area contributed by atoms with Gasteiger partial charge in [-0.3, -0.25) is 24.7 Å². The van der Waals surface area contributed by atoms with E-state index in [-0.39, 0.29) is 33.4 Å². The van der Waals surface area contributed by atoms with E-state index in [1.807, 2.05) is 0 Å². The van der Waals surface area contributed by atoms with E-state index in [2.05, 4.69) is 25.5 Å². The van der Waals surface area contributed by atoms with Gasteiger partial charge in [-0.15, -0.1) is 0 Å². The Morgan fingerprint density at radius 2 is 1.92 bits per heavy atom. The number of carbonyl (C=O) groups excluding carboxylic acids is 1. The molecule has 0 aliphatic rings. The molecule has 0 saturated carbocycles. The van der Waals surface area contributed by atoms with E-state index in [9.17, 15) is 24.1 Å². The van der Waals surface area contributed by atoms with Crippen molar-refractivity contribution in [3.63, 3.8) is 0 Å². The van der Waals surface area contributed by atoms with Crippen molar-refractivity contribution >= 4 is 40.0 Å². The largest absolute Gasteiger partial charge is 0.306 e. The molecule has 5 rings (SSSR count). The summed E-state index contributed by atoms with van der Waals surface area (Å²) in [6.07, 6.45) is 1.33. The van der Waals surface area contributed by atoms with Crippen LogP contribution in [0.1, 0.15) is 16.1 Å². The zero-order valence-corrected chi connectivity index (χ0v) is 19.0. The lowest BCUT2D eigenvalue weighted by Gasteiger charge is -2.09. The van der Waals surface area contributed by atoms with E-state index in [4.69, 9.17) is 11.6 Å². The van der Waals surface area contributed by atoms with Crippen molar-refractivity contribution in [2.45, 2.75) is 6.92 Å². The molecule has 3 heterocycles. The lowest BCUT2D eigenvalue weighted by molar-refractivity contribution is -0.384. The van der Waals surface area contributed by atoms with Crippen LogP contribution in [-0.4, -0.2) is 40.4 Å². The Morgan fingerprint density at radius 1 is 1.17 bits per heavy atom. The molecule has 0 spiro atoms. The van der Waals surface area contributed by atoms with Crippen LogP contribution in [0.15, 0.2) is 59.5 Å². The van der Waals surface area contributed by atoms with E-state index < -0.39 is 27.9 Å². The van der Waals surface area contributed by atoms with Gasteiger partial charge in [-0.2, -0.15) is 19.9 Å². The number of halogens is 2. The number of nitrogens with one attached hydrogen (secondary N) is 2. The van der Waals surface area contributed by atoms with Crippen LogP contribution < -0.4 is 10.9 Å². The molecule has 0 aliphatic heterocycles. The number of nitro groups is 1. The van der Waals surface area contributed by atoms with Gasteiger partial charge >= 0.3 is 0 Å². The molecule has 14 heteroatoms. The number of rotatable bonds is 5. The molecule has 0 radical (unpaired) electrons. The molecule has 1 amide bonds. The number of carbonyl (C=O) groups is 1. The number of aryl methyl sites for hydroxylation is 1. The van der Waals surface area contributed by atoms with Crippen LogP contribution in [0, 0.1) is 22.9 Å². The fourth-order valence-corrected chi connectivity index (χ4v) is 3.70. The van der Waals surface area contributed by atoms with E-state index in [0.717, 1.165) is 6.07 Å². The van der Waals surface area contributed by atoms with Gasteiger partial charge in [0.15, 0.2) is 5.65 Å². The quantitative estimate of drug-likeness (QED) is 0.272. The topological polar surface area (TPSA) is 154 Å². The predicted molar refractivity (Wildman–Crippen MR) is 127 cm³/mol. The summed E-state index contributed by atoms with van der Waals surface area (Å²) in [6, 6.07) is 10.7. The van der Waals surface area contributed by atoms with Crippen LogP contribution in [0.25, 0.3) is 22.7 Å². The second kappa shape index (κ2) is 8.70. The van der Waals surface area contributed by atoms with Gasteiger partial charge in [0, 0.05) is 17.7 Å². The maximum Gasteiger partial charge on any atom is 0.288 e. The second-order valence-corrected chi connectivity index (χ2v) is 8.03. The zero-order valence-electron chi connectivity index (χ0n) is 18.3. The van der Waals surface area contributed by atoms with E-state index in [1.165, 1.54) is 58.0 Å². The third kappa shape index (κ3) is 4.07. The van der Waals surface area contributed by atoms with Gasteiger partial charge in [0.1, 0.15) is 22.0 Å². The number of aromatic amines is 1. The van der Waals surface area contributed by atoms with Crippen LogP contribution in [0.2, 0.25) is 5.02 Å².